The van der Waals surface area contributed by atoms with E-state index in [0.717, 1.165) is 0 Å². The molecule has 0 amide bonds. The Balaban J connectivity index is 0. The number of nitrogens with two attached hydrogens (primary N) is 1. The van der Waals surface area contributed by atoms with Gasteiger partial charge in [0.25, 0.3) is 0 Å². The predicted octanol–water partition coefficient (Wildman–Crippen LogP) is 1.13. The summed E-state index contributed by atoms with van der Waals surface area (Å²) in [5, 5.41) is 0. The Labute approximate surface area is 91.0 Å². The summed E-state index contributed by atoms with van der Waals surface area (Å²) in [5.74, 6) is 0. The van der Waals surface area contributed by atoms with Crippen LogP contribution in [-0.2, 0) is 13.6 Å². The van der Waals surface area contributed by atoms with Gasteiger partial charge in [0.1, 0.15) is 0 Å². The van der Waals surface area contributed by atoms with Crippen LogP contribution in [0.5, 0.6) is 0 Å². The molecule has 0 fully saturated rings. The van der Waals surface area contributed by atoms with Gasteiger partial charge in [0.15, 0.2) is 0 Å². The van der Waals surface area contributed by atoms with Gasteiger partial charge in [-0.05, 0) is 13.8 Å². The molecule has 0 saturated heterocycles. The Morgan fingerprint density at radius 2 is 1.60 bits per heavy atom. The van der Waals surface area contributed by atoms with E-state index in [9.17, 15) is 4.57 Å². The molecule has 0 bridgehead atoms. The fraction of sp³-hybridized carbons (Fsp3) is 1.00. The van der Waals surface area contributed by atoms with Crippen LogP contribution in [0.4, 0.5) is 0 Å². The van der Waals surface area contributed by atoms with Crippen molar-refractivity contribution in [1.29, 1.82) is 0 Å². The Morgan fingerprint density at radius 3 is 1.80 bits per heavy atom. The van der Waals surface area contributed by atoms with Gasteiger partial charge in [0.05, 0.1) is 13.2 Å². The minimum Gasteiger partial charge on any atom is -0.297 e. The third kappa shape index (κ3) is 7.48. The third-order valence-corrected chi connectivity index (χ3v) is 1.85. The van der Waals surface area contributed by atoms with E-state index in [1.165, 1.54) is 0 Å². The molecular formula is C4H12ArNO3P. The smallest absolute Gasteiger partial charge is 0.297 e. The van der Waals surface area contributed by atoms with Gasteiger partial charge in [-0.2, -0.15) is 0 Å². The number of rotatable bonds is 4. The summed E-state index contributed by atoms with van der Waals surface area (Å²) in [5.41, 5.74) is 5.05. The molecular weight excluding hydrogens is 181 g/mol. The molecule has 2 N–H and O–H groups in total. The molecule has 0 heterocycles. The molecule has 0 aliphatic heterocycles. The molecule has 0 rings (SSSR count). The van der Waals surface area contributed by atoms with Crippen LogP contribution in [0.1, 0.15) is 13.8 Å². The molecule has 0 unspecified atom stereocenters. The Hall–Kier alpha value is 1.37. The van der Waals surface area contributed by atoms with Crippen LogP contribution in [0, 0.1) is 37.7 Å². The zero-order valence-electron chi connectivity index (χ0n) is 6.02. The fourth-order valence-electron chi connectivity index (χ4n) is 0.397. The first-order chi connectivity index (χ1) is 4.12. The second-order valence-corrected chi connectivity index (χ2v) is 2.97. The summed E-state index contributed by atoms with van der Waals surface area (Å²) in [6.07, 6.45) is 0. The monoisotopic (exact) mass is 193 g/mol. The summed E-state index contributed by atoms with van der Waals surface area (Å²) in [6, 6.07) is 0. The van der Waals surface area contributed by atoms with Gasteiger partial charge in [-0.1, -0.05) is 0 Å². The second-order valence-electron chi connectivity index (χ2n) is 1.38. The summed E-state index contributed by atoms with van der Waals surface area (Å²) in [4.78, 5) is 0. The van der Waals surface area contributed by atoms with Gasteiger partial charge in [-0.25, -0.2) is 10.1 Å². The first-order valence-electron chi connectivity index (χ1n) is 2.80. The number of hydrogen-bond donors (Lipinski definition) is 1. The average molecular weight is 193 g/mol. The largest absolute Gasteiger partial charge is 0.402 e. The molecule has 0 atom stereocenters. The minimum atomic E-state index is -3.19. The van der Waals surface area contributed by atoms with Gasteiger partial charge in [0.2, 0.25) is 0 Å². The molecule has 64 valence electrons. The van der Waals surface area contributed by atoms with Gasteiger partial charge in [0, 0.05) is 37.7 Å². The quantitative estimate of drug-likeness (QED) is 0.679. The maximum atomic E-state index is 10.7. The molecule has 6 heteroatoms. The van der Waals surface area contributed by atoms with Crippen molar-refractivity contribution in [2.75, 3.05) is 13.2 Å². The van der Waals surface area contributed by atoms with Crippen molar-refractivity contribution in [1.82, 2.24) is 0 Å². The van der Waals surface area contributed by atoms with Crippen LogP contribution in [-0.4, -0.2) is 13.2 Å². The molecule has 4 nitrogen and oxygen atoms in total. The van der Waals surface area contributed by atoms with Crippen LogP contribution >= 0.6 is 7.75 Å². The zero-order valence-corrected chi connectivity index (χ0v) is 7.62. The standard InChI is InChI=1S/C4H12NO3P.Ar/c1-3-7-9(5,6)8-4-2;/h3-4H2,1-2H3,(H2,5,6);. The molecule has 10 heavy (non-hydrogen) atoms. The van der Waals surface area contributed by atoms with E-state index in [1.54, 1.807) is 13.8 Å². The van der Waals surface area contributed by atoms with Crippen molar-refractivity contribution >= 4 is 7.75 Å². The zero-order chi connectivity index (χ0) is 7.33. The van der Waals surface area contributed by atoms with E-state index in [1.807, 2.05) is 0 Å². The predicted molar refractivity (Wildman–Crippen MR) is 35.0 cm³/mol. The summed E-state index contributed by atoms with van der Waals surface area (Å²) < 4.78 is 19.9. The van der Waals surface area contributed by atoms with Crippen LogP contribution in [0.3, 0.4) is 0 Å². The topological polar surface area (TPSA) is 61.5 Å². The molecule has 0 aromatic rings. The van der Waals surface area contributed by atoms with E-state index in [-0.39, 0.29) is 37.7 Å². The Morgan fingerprint density at radius 1 is 1.30 bits per heavy atom. The van der Waals surface area contributed by atoms with Crippen molar-refractivity contribution < 1.29 is 51.4 Å². The van der Waals surface area contributed by atoms with Gasteiger partial charge >= 0.3 is 7.75 Å². The molecule has 0 spiro atoms. The molecule has 0 saturated carbocycles. The fourth-order valence-corrected chi connectivity index (χ4v) is 1.19. The van der Waals surface area contributed by atoms with Crippen molar-refractivity contribution in [2.45, 2.75) is 13.8 Å². The first kappa shape index (κ1) is 13.9. The van der Waals surface area contributed by atoms with E-state index in [4.69, 9.17) is 5.50 Å². The first-order valence-corrected chi connectivity index (χ1v) is 4.41. The van der Waals surface area contributed by atoms with Gasteiger partial charge in [-0.15, -0.1) is 0 Å². The summed E-state index contributed by atoms with van der Waals surface area (Å²) in [6.45, 7) is 4.04. The maximum Gasteiger partial charge on any atom is 0.402 e. The molecule has 0 aliphatic carbocycles. The third-order valence-electron chi connectivity index (χ3n) is 0.618. The van der Waals surface area contributed by atoms with Crippen molar-refractivity contribution in [3.05, 3.63) is 0 Å². The molecule has 0 aromatic carbocycles. The molecule has 0 aromatic heterocycles. The van der Waals surface area contributed by atoms with E-state index < -0.39 is 7.75 Å². The van der Waals surface area contributed by atoms with Gasteiger partial charge < -0.3 is 0 Å². The van der Waals surface area contributed by atoms with Crippen LogP contribution in [0.2, 0.25) is 0 Å². The average Bonchev–Trinajstić information content (AvgIpc) is 1.64. The normalized spacial score (nSPS) is 10.7. The van der Waals surface area contributed by atoms with E-state index >= 15 is 0 Å². The van der Waals surface area contributed by atoms with Crippen molar-refractivity contribution in [3.8, 4) is 0 Å². The van der Waals surface area contributed by atoms with Crippen LogP contribution in [0.15, 0.2) is 0 Å². The number of hydrogen-bond acceptors (Lipinski definition) is 3. The maximum absolute atomic E-state index is 10.7. The Bertz CT molecular complexity index is 111. The van der Waals surface area contributed by atoms with Crippen molar-refractivity contribution in [2.24, 2.45) is 5.50 Å². The molecule has 0 radical (unpaired) electrons. The van der Waals surface area contributed by atoms with E-state index in [0.29, 0.717) is 13.2 Å². The van der Waals surface area contributed by atoms with Gasteiger partial charge in [-0.3, -0.25) is 9.05 Å². The molecule has 0 aliphatic rings. The van der Waals surface area contributed by atoms with Crippen molar-refractivity contribution in [3.63, 3.8) is 0 Å². The Kier molecular flexibility index (Phi) is 9.81. The summed E-state index contributed by atoms with van der Waals surface area (Å²) >= 11 is 0. The summed E-state index contributed by atoms with van der Waals surface area (Å²) in [7, 11) is -3.19. The van der Waals surface area contributed by atoms with Crippen LogP contribution in [0.25, 0.3) is 0 Å². The second kappa shape index (κ2) is 7.04. The SMILES string of the molecule is CCOP(N)(=O)OCC.[Ar]. The van der Waals surface area contributed by atoms with Crippen LogP contribution < -0.4 is 5.50 Å². The minimum absolute atomic E-state index is 0. The van der Waals surface area contributed by atoms with E-state index in [2.05, 4.69) is 9.05 Å².